The molecule has 3 heterocycles. The van der Waals surface area contributed by atoms with Crippen molar-refractivity contribution in [2.75, 3.05) is 5.43 Å². The molecule has 5 nitrogen and oxygen atoms in total. The third-order valence-corrected chi connectivity index (χ3v) is 4.24. The molecule has 102 valence electrons. The normalized spacial score (nSPS) is 11.0. The zero-order valence-electron chi connectivity index (χ0n) is 10.9. The molecule has 0 radical (unpaired) electrons. The molecule has 0 saturated heterocycles. The summed E-state index contributed by atoms with van der Waals surface area (Å²) in [7, 11) is 0. The van der Waals surface area contributed by atoms with Crippen LogP contribution in [0, 0.1) is 19.7 Å². The molecule has 0 amide bonds. The lowest BCUT2D eigenvalue weighted by molar-refractivity contribution is 0.624. The Labute approximate surface area is 118 Å². The van der Waals surface area contributed by atoms with Gasteiger partial charge in [-0.1, -0.05) is 0 Å². The van der Waals surface area contributed by atoms with E-state index in [-0.39, 0.29) is 11.5 Å². The fourth-order valence-corrected chi connectivity index (χ4v) is 3.04. The molecular weight excluding hydrogens is 277 g/mol. The van der Waals surface area contributed by atoms with Crippen molar-refractivity contribution in [2.24, 2.45) is 5.84 Å². The molecule has 0 bridgehead atoms. The van der Waals surface area contributed by atoms with E-state index in [4.69, 9.17) is 5.84 Å². The van der Waals surface area contributed by atoms with E-state index >= 15 is 0 Å². The molecule has 3 aromatic heterocycles. The number of fused-ring (bicyclic) bond motifs is 1. The van der Waals surface area contributed by atoms with Crippen molar-refractivity contribution < 1.29 is 4.39 Å². The molecule has 0 unspecified atom stereocenters. The Morgan fingerprint density at radius 2 is 2.10 bits per heavy atom. The lowest BCUT2D eigenvalue weighted by Gasteiger charge is -2.06. The number of hydrazine groups is 1. The van der Waals surface area contributed by atoms with E-state index in [2.05, 4.69) is 20.4 Å². The summed E-state index contributed by atoms with van der Waals surface area (Å²) in [5, 5.41) is 0.870. The molecule has 7 heteroatoms. The van der Waals surface area contributed by atoms with Crippen molar-refractivity contribution in [1.29, 1.82) is 0 Å². The van der Waals surface area contributed by atoms with Gasteiger partial charge in [0.2, 0.25) is 0 Å². The van der Waals surface area contributed by atoms with Crippen LogP contribution in [0.2, 0.25) is 0 Å². The molecule has 0 aliphatic rings. The number of nitrogens with one attached hydrogen (secondary N) is 1. The van der Waals surface area contributed by atoms with Gasteiger partial charge in [-0.15, -0.1) is 11.3 Å². The minimum absolute atomic E-state index is 0.120. The van der Waals surface area contributed by atoms with Crippen LogP contribution in [0.5, 0.6) is 0 Å². The number of nitrogens with zero attached hydrogens (tertiary/aromatic N) is 3. The van der Waals surface area contributed by atoms with Crippen LogP contribution in [0.15, 0.2) is 18.3 Å². The number of aromatic nitrogens is 3. The molecule has 0 aliphatic heterocycles. The van der Waals surface area contributed by atoms with Crippen molar-refractivity contribution >= 4 is 27.4 Å². The Morgan fingerprint density at radius 3 is 2.80 bits per heavy atom. The average Bonchev–Trinajstić information content (AvgIpc) is 2.73. The maximum Gasteiger partial charge on any atom is 0.184 e. The predicted octanol–water partition coefficient (Wildman–Crippen LogP) is 2.79. The van der Waals surface area contributed by atoms with E-state index in [1.807, 2.05) is 13.8 Å². The first-order valence-electron chi connectivity index (χ1n) is 5.97. The van der Waals surface area contributed by atoms with E-state index in [1.165, 1.54) is 29.7 Å². The number of nitrogen functional groups attached to an aromatic ring is 1. The number of nitrogens with two attached hydrogens (primary N) is 1. The topological polar surface area (TPSA) is 76.7 Å². The maximum atomic E-state index is 13.8. The van der Waals surface area contributed by atoms with Crippen LogP contribution in [0.3, 0.4) is 0 Å². The second-order valence-electron chi connectivity index (χ2n) is 4.34. The van der Waals surface area contributed by atoms with Crippen LogP contribution in [0.4, 0.5) is 10.2 Å². The molecule has 0 atom stereocenters. The van der Waals surface area contributed by atoms with Gasteiger partial charge in [0.25, 0.3) is 0 Å². The van der Waals surface area contributed by atoms with E-state index < -0.39 is 5.82 Å². The van der Waals surface area contributed by atoms with Crippen molar-refractivity contribution in [3.63, 3.8) is 0 Å². The van der Waals surface area contributed by atoms with Crippen LogP contribution in [-0.4, -0.2) is 15.0 Å². The highest BCUT2D eigenvalue weighted by molar-refractivity contribution is 7.18. The van der Waals surface area contributed by atoms with E-state index in [1.54, 1.807) is 0 Å². The fourth-order valence-electron chi connectivity index (χ4n) is 2.01. The molecular formula is C13H12FN5S. The number of rotatable bonds is 2. The van der Waals surface area contributed by atoms with Crippen LogP contribution in [-0.2, 0) is 0 Å². The van der Waals surface area contributed by atoms with Gasteiger partial charge in [0.05, 0.1) is 5.39 Å². The molecule has 20 heavy (non-hydrogen) atoms. The lowest BCUT2D eigenvalue weighted by Crippen LogP contribution is -2.10. The number of halogens is 1. The van der Waals surface area contributed by atoms with Gasteiger partial charge in [-0.25, -0.2) is 25.2 Å². The number of hydrogen-bond acceptors (Lipinski definition) is 6. The zero-order valence-corrected chi connectivity index (χ0v) is 11.8. The fraction of sp³-hybridized carbons (Fsp3) is 0.154. The van der Waals surface area contributed by atoms with Crippen LogP contribution >= 0.6 is 11.3 Å². The Bertz CT molecular complexity index is 799. The molecule has 3 N–H and O–H groups in total. The van der Waals surface area contributed by atoms with Crippen molar-refractivity contribution in [2.45, 2.75) is 13.8 Å². The smallest absolute Gasteiger partial charge is 0.184 e. The van der Waals surface area contributed by atoms with E-state index in [9.17, 15) is 4.39 Å². The van der Waals surface area contributed by atoms with Crippen molar-refractivity contribution in [3.05, 3.63) is 34.6 Å². The van der Waals surface area contributed by atoms with E-state index in [0.29, 0.717) is 5.82 Å². The molecule has 3 aromatic rings. The van der Waals surface area contributed by atoms with Gasteiger partial charge in [-0.3, -0.25) is 0 Å². The Kier molecular flexibility index (Phi) is 3.07. The summed E-state index contributed by atoms with van der Waals surface area (Å²) < 4.78 is 13.8. The van der Waals surface area contributed by atoms with Gasteiger partial charge in [-0.2, -0.15) is 0 Å². The Balaban J connectivity index is 2.32. The van der Waals surface area contributed by atoms with Crippen LogP contribution in [0.1, 0.15) is 10.4 Å². The molecule has 3 rings (SSSR count). The van der Waals surface area contributed by atoms with E-state index in [0.717, 1.165) is 20.7 Å². The van der Waals surface area contributed by atoms with Gasteiger partial charge in [0.15, 0.2) is 17.5 Å². The highest BCUT2D eigenvalue weighted by atomic mass is 32.1. The molecule has 0 saturated carbocycles. The lowest BCUT2D eigenvalue weighted by atomic mass is 10.2. The van der Waals surface area contributed by atoms with Gasteiger partial charge >= 0.3 is 0 Å². The first-order valence-corrected chi connectivity index (χ1v) is 6.78. The molecule has 0 aliphatic carbocycles. The van der Waals surface area contributed by atoms with Gasteiger partial charge in [0.1, 0.15) is 10.5 Å². The van der Waals surface area contributed by atoms with Crippen LogP contribution in [0.25, 0.3) is 21.7 Å². The average molecular weight is 289 g/mol. The van der Waals surface area contributed by atoms with Gasteiger partial charge in [-0.05, 0) is 31.5 Å². The number of thiophene rings is 1. The summed E-state index contributed by atoms with van der Waals surface area (Å²) in [6.07, 6.45) is 1.51. The molecule has 0 fully saturated rings. The largest absolute Gasteiger partial charge is 0.308 e. The third kappa shape index (κ3) is 1.91. The van der Waals surface area contributed by atoms with Gasteiger partial charge in [0, 0.05) is 11.1 Å². The number of anilines is 1. The monoisotopic (exact) mass is 289 g/mol. The maximum absolute atomic E-state index is 13.8. The SMILES string of the molecule is Cc1sc2nc(-c3ncccc3F)nc(NN)c2c1C. The van der Waals surface area contributed by atoms with Crippen molar-refractivity contribution in [3.8, 4) is 11.5 Å². The minimum atomic E-state index is -0.458. The summed E-state index contributed by atoms with van der Waals surface area (Å²) in [6, 6.07) is 2.86. The second kappa shape index (κ2) is 4.77. The summed E-state index contributed by atoms with van der Waals surface area (Å²) >= 11 is 1.53. The quantitative estimate of drug-likeness (QED) is 0.560. The van der Waals surface area contributed by atoms with Crippen molar-refractivity contribution in [1.82, 2.24) is 15.0 Å². The highest BCUT2D eigenvalue weighted by Gasteiger charge is 2.17. The number of aryl methyl sites for hydroxylation is 2. The van der Waals surface area contributed by atoms with Crippen LogP contribution < -0.4 is 11.3 Å². The molecule has 0 spiro atoms. The predicted molar refractivity (Wildman–Crippen MR) is 77.9 cm³/mol. The standard InChI is InChI=1S/C13H12FN5S/c1-6-7(2)20-13-9(6)11(19-15)17-12(18-13)10-8(14)4-3-5-16-10/h3-5H,15H2,1-2H3,(H,17,18,19). The first kappa shape index (κ1) is 12.9. The summed E-state index contributed by atoms with van der Waals surface area (Å²) in [4.78, 5) is 14.6. The number of hydrogen-bond donors (Lipinski definition) is 2. The first-order chi connectivity index (χ1) is 9.61. The Morgan fingerprint density at radius 1 is 1.30 bits per heavy atom. The highest BCUT2D eigenvalue weighted by Crippen LogP contribution is 2.34. The summed E-state index contributed by atoms with van der Waals surface area (Å²) in [6.45, 7) is 3.99. The second-order valence-corrected chi connectivity index (χ2v) is 5.54. The number of pyridine rings is 1. The Hall–Kier alpha value is -2.12. The summed E-state index contributed by atoms with van der Waals surface area (Å²) in [5.41, 5.74) is 3.75. The molecule has 0 aromatic carbocycles. The zero-order chi connectivity index (χ0) is 14.3. The van der Waals surface area contributed by atoms with Gasteiger partial charge < -0.3 is 5.43 Å². The minimum Gasteiger partial charge on any atom is -0.308 e. The third-order valence-electron chi connectivity index (χ3n) is 3.14. The summed E-state index contributed by atoms with van der Waals surface area (Å²) in [5.74, 6) is 5.78.